The van der Waals surface area contributed by atoms with Crippen LogP contribution >= 0.6 is 0 Å². The minimum atomic E-state index is 0.939. The summed E-state index contributed by atoms with van der Waals surface area (Å²) in [5, 5.41) is 2.11. The molecular formula is C14H13N3. The van der Waals surface area contributed by atoms with Crippen LogP contribution in [0.2, 0.25) is 0 Å². The van der Waals surface area contributed by atoms with E-state index in [-0.39, 0.29) is 0 Å². The van der Waals surface area contributed by atoms with Crippen molar-refractivity contribution < 1.29 is 0 Å². The summed E-state index contributed by atoms with van der Waals surface area (Å²) in [7, 11) is 0. The first kappa shape index (κ1) is 10.1. The second-order valence-electron chi connectivity index (χ2n) is 4.17. The number of hydrogen-bond acceptors (Lipinski definition) is 3. The molecule has 0 amide bonds. The van der Waals surface area contributed by atoms with Crippen molar-refractivity contribution in [3.8, 4) is 0 Å². The Bertz CT molecular complexity index is 704. The summed E-state index contributed by atoms with van der Waals surface area (Å²) in [6, 6.07) is 14.2. The molecule has 17 heavy (non-hydrogen) atoms. The van der Waals surface area contributed by atoms with E-state index in [1.807, 2.05) is 30.3 Å². The van der Waals surface area contributed by atoms with Gasteiger partial charge in [-0.1, -0.05) is 29.8 Å². The van der Waals surface area contributed by atoms with Gasteiger partial charge in [-0.3, -0.25) is 5.84 Å². The summed E-state index contributed by atoms with van der Waals surface area (Å²) in [5.74, 6) is 5.65. The van der Waals surface area contributed by atoms with Crippen molar-refractivity contribution in [2.75, 3.05) is 5.43 Å². The van der Waals surface area contributed by atoms with Gasteiger partial charge >= 0.3 is 0 Å². The maximum Gasteiger partial charge on any atom is 0.0731 e. The van der Waals surface area contributed by atoms with Crippen molar-refractivity contribution in [3.63, 3.8) is 0 Å². The molecule has 0 aliphatic heterocycles. The lowest BCUT2D eigenvalue weighted by molar-refractivity contribution is 1.36. The number of nitrogen functional groups attached to an aromatic ring is 1. The Morgan fingerprint density at radius 2 is 1.76 bits per heavy atom. The second-order valence-corrected chi connectivity index (χ2v) is 4.17. The largest absolute Gasteiger partial charge is 0.323 e. The van der Waals surface area contributed by atoms with Crippen LogP contribution < -0.4 is 11.3 Å². The van der Waals surface area contributed by atoms with Gasteiger partial charge in [-0.25, -0.2) is 4.98 Å². The molecule has 0 bridgehead atoms. The second kappa shape index (κ2) is 3.71. The summed E-state index contributed by atoms with van der Waals surface area (Å²) in [4.78, 5) is 4.63. The molecule has 3 rings (SSSR count). The number of aryl methyl sites for hydroxylation is 1. The number of benzene rings is 2. The number of aromatic nitrogens is 1. The van der Waals surface area contributed by atoms with E-state index in [1.54, 1.807) is 0 Å². The molecule has 2 aromatic carbocycles. The Hall–Kier alpha value is -2.13. The Morgan fingerprint density at radius 1 is 1.00 bits per heavy atom. The SMILES string of the molecule is Cc1ccc2nc3ccccc3c(NN)c2c1. The topological polar surface area (TPSA) is 50.9 Å². The molecule has 3 heteroatoms. The lowest BCUT2D eigenvalue weighted by Gasteiger charge is -2.10. The zero-order valence-corrected chi connectivity index (χ0v) is 9.57. The highest BCUT2D eigenvalue weighted by Crippen LogP contribution is 2.30. The monoisotopic (exact) mass is 223 g/mol. The Labute approximate surface area is 99.2 Å². The number of fused-ring (bicyclic) bond motifs is 2. The van der Waals surface area contributed by atoms with Crippen molar-refractivity contribution in [3.05, 3.63) is 48.0 Å². The summed E-state index contributed by atoms with van der Waals surface area (Å²) in [5.41, 5.74) is 6.86. The summed E-state index contributed by atoms with van der Waals surface area (Å²) >= 11 is 0. The standard InChI is InChI=1S/C14H13N3/c1-9-6-7-13-11(8-9)14(17-15)10-4-2-3-5-12(10)16-13/h2-8H,15H2,1H3,(H,16,17). The molecule has 0 atom stereocenters. The molecule has 3 aromatic rings. The fraction of sp³-hybridized carbons (Fsp3) is 0.0714. The van der Waals surface area contributed by atoms with Gasteiger partial charge in [0.25, 0.3) is 0 Å². The predicted octanol–water partition coefficient (Wildman–Crippen LogP) is 2.98. The van der Waals surface area contributed by atoms with E-state index in [1.165, 1.54) is 5.56 Å². The molecule has 3 N–H and O–H groups in total. The quantitative estimate of drug-likeness (QED) is 0.379. The number of rotatable bonds is 1. The van der Waals surface area contributed by atoms with Crippen LogP contribution in [-0.4, -0.2) is 4.98 Å². The Kier molecular flexibility index (Phi) is 2.20. The maximum absolute atomic E-state index is 5.65. The number of anilines is 1. The van der Waals surface area contributed by atoms with Crippen LogP contribution in [0.25, 0.3) is 21.8 Å². The molecule has 3 nitrogen and oxygen atoms in total. The molecule has 0 radical (unpaired) electrons. The first-order valence-corrected chi connectivity index (χ1v) is 5.55. The van der Waals surface area contributed by atoms with Crippen LogP contribution in [0.5, 0.6) is 0 Å². The van der Waals surface area contributed by atoms with Gasteiger partial charge in [0.15, 0.2) is 0 Å². The zero-order chi connectivity index (χ0) is 11.8. The summed E-state index contributed by atoms with van der Waals surface area (Å²) in [6.45, 7) is 2.06. The van der Waals surface area contributed by atoms with E-state index in [0.29, 0.717) is 0 Å². The van der Waals surface area contributed by atoms with Crippen LogP contribution in [0.1, 0.15) is 5.56 Å². The molecule has 0 unspecified atom stereocenters. The minimum Gasteiger partial charge on any atom is -0.323 e. The van der Waals surface area contributed by atoms with Gasteiger partial charge in [0.2, 0.25) is 0 Å². The molecule has 84 valence electrons. The van der Waals surface area contributed by atoms with E-state index in [2.05, 4.69) is 29.5 Å². The molecule has 1 heterocycles. The number of hydrazine groups is 1. The molecular weight excluding hydrogens is 210 g/mol. The van der Waals surface area contributed by atoms with Crippen LogP contribution in [0.4, 0.5) is 5.69 Å². The average Bonchev–Trinajstić information content (AvgIpc) is 2.36. The lowest BCUT2D eigenvalue weighted by atomic mass is 10.1. The van der Waals surface area contributed by atoms with Crippen molar-refractivity contribution in [2.45, 2.75) is 6.92 Å². The van der Waals surface area contributed by atoms with Gasteiger partial charge < -0.3 is 5.43 Å². The molecule has 0 spiro atoms. The van der Waals surface area contributed by atoms with Crippen LogP contribution in [-0.2, 0) is 0 Å². The molecule has 0 saturated heterocycles. The normalized spacial score (nSPS) is 10.9. The third kappa shape index (κ3) is 1.52. The van der Waals surface area contributed by atoms with Gasteiger partial charge in [0.05, 0.1) is 16.7 Å². The lowest BCUT2D eigenvalue weighted by Crippen LogP contribution is -2.08. The zero-order valence-electron chi connectivity index (χ0n) is 9.57. The molecule has 1 aromatic heterocycles. The van der Waals surface area contributed by atoms with Crippen molar-refractivity contribution in [2.24, 2.45) is 5.84 Å². The summed E-state index contributed by atoms with van der Waals surface area (Å²) < 4.78 is 0. The highest BCUT2D eigenvalue weighted by Gasteiger charge is 2.07. The molecule has 0 aliphatic rings. The molecule has 0 aliphatic carbocycles. The van der Waals surface area contributed by atoms with E-state index in [4.69, 9.17) is 5.84 Å². The van der Waals surface area contributed by atoms with Crippen molar-refractivity contribution >= 4 is 27.5 Å². The van der Waals surface area contributed by atoms with Crippen LogP contribution in [0.15, 0.2) is 42.5 Å². The summed E-state index contributed by atoms with van der Waals surface area (Å²) in [6.07, 6.45) is 0. The third-order valence-corrected chi connectivity index (χ3v) is 2.98. The Morgan fingerprint density at radius 3 is 2.59 bits per heavy atom. The average molecular weight is 223 g/mol. The first-order valence-electron chi connectivity index (χ1n) is 5.55. The molecule has 0 fully saturated rings. The smallest absolute Gasteiger partial charge is 0.0731 e. The minimum absolute atomic E-state index is 0.939. The van der Waals surface area contributed by atoms with E-state index in [0.717, 1.165) is 27.5 Å². The van der Waals surface area contributed by atoms with Crippen molar-refractivity contribution in [1.82, 2.24) is 4.98 Å². The van der Waals surface area contributed by atoms with Gasteiger partial charge in [0.1, 0.15) is 0 Å². The Balaban J connectivity index is 2.54. The third-order valence-electron chi connectivity index (χ3n) is 2.98. The van der Waals surface area contributed by atoms with E-state index >= 15 is 0 Å². The van der Waals surface area contributed by atoms with E-state index < -0.39 is 0 Å². The number of para-hydroxylation sites is 1. The number of nitrogens with zero attached hydrogens (tertiary/aromatic N) is 1. The van der Waals surface area contributed by atoms with Crippen LogP contribution in [0.3, 0.4) is 0 Å². The fourth-order valence-electron chi connectivity index (χ4n) is 2.16. The van der Waals surface area contributed by atoms with E-state index in [9.17, 15) is 0 Å². The number of nitrogens with two attached hydrogens (primary N) is 1. The maximum atomic E-state index is 5.65. The fourth-order valence-corrected chi connectivity index (χ4v) is 2.16. The van der Waals surface area contributed by atoms with Gasteiger partial charge in [-0.2, -0.15) is 0 Å². The van der Waals surface area contributed by atoms with Crippen molar-refractivity contribution in [1.29, 1.82) is 0 Å². The highest BCUT2D eigenvalue weighted by molar-refractivity contribution is 6.07. The number of nitrogens with one attached hydrogen (secondary N) is 1. The van der Waals surface area contributed by atoms with Gasteiger partial charge in [-0.05, 0) is 25.1 Å². The first-order chi connectivity index (χ1) is 8.29. The van der Waals surface area contributed by atoms with Gasteiger partial charge in [0, 0.05) is 10.8 Å². The van der Waals surface area contributed by atoms with Gasteiger partial charge in [-0.15, -0.1) is 0 Å². The number of pyridine rings is 1. The molecule has 0 saturated carbocycles. The number of hydrogen-bond donors (Lipinski definition) is 2. The highest BCUT2D eigenvalue weighted by atomic mass is 15.2. The predicted molar refractivity (Wildman–Crippen MR) is 71.8 cm³/mol. The van der Waals surface area contributed by atoms with Crippen LogP contribution in [0, 0.1) is 6.92 Å².